The Morgan fingerprint density at radius 3 is 2.45 bits per heavy atom. The number of likely N-dealkylation sites (N-methyl/N-ethyl adjacent to an activating group) is 1. The van der Waals surface area contributed by atoms with Gasteiger partial charge in [-0.2, -0.15) is 0 Å². The maximum absolute atomic E-state index is 3.77. The topological polar surface area (TPSA) is 15.3 Å². The van der Waals surface area contributed by atoms with Crippen LogP contribution >= 0.6 is 0 Å². The fourth-order valence-corrected chi connectivity index (χ4v) is 4.21. The molecule has 2 fully saturated rings. The Labute approximate surface area is 126 Å². The van der Waals surface area contributed by atoms with Crippen molar-refractivity contribution >= 4 is 0 Å². The lowest BCUT2D eigenvalue weighted by atomic mass is 9.72. The summed E-state index contributed by atoms with van der Waals surface area (Å²) in [6, 6.07) is 1.47. The smallest absolute Gasteiger partial charge is 0.0254 e. The molecular formula is C18H36N2. The first-order valence-electron chi connectivity index (χ1n) is 8.80. The van der Waals surface area contributed by atoms with Crippen molar-refractivity contribution < 1.29 is 0 Å². The van der Waals surface area contributed by atoms with Gasteiger partial charge in [0.15, 0.2) is 0 Å². The summed E-state index contributed by atoms with van der Waals surface area (Å²) in [6.45, 7) is 15.8. The lowest BCUT2D eigenvalue weighted by Crippen LogP contribution is -2.55. The molecule has 1 saturated heterocycles. The van der Waals surface area contributed by atoms with Crippen LogP contribution in [-0.2, 0) is 0 Å². The third kappa shape index (κ3) is 4.21. The molecule has 1 saturated carbocycles. The maximum atomic E-state index is 3.77. The second kappa shape index (κ2) is 6.36. The van der Waals surface area contributed by atoms with Gasteiger partial charge in [0.1, 0.15) is 0 Å². The highest BCUT2D eigenvalue weighted by Gasteiger charge is 2.38. The summed E-state index contributed by atoms with van der Waals surface area (Å²) in [5.74, 6) is 0. The van der Waals surface area contributed by atoms with Crippen LogP contribution in [0, 0.1) is 10.8 Å². The van der Waals surface area contributed by atoms with Gasteiger partial charge in [-0.15, -0.1) is 0 Å². The molecule has 0 radical (unpaired) electrons. The van der Waals surface area contributed by atoms with E-state index in [1.807, 2.05) is 0 Å². The van der Waals surface area contributed by atoms with E-state index in [4.69, 9.17) is 0 Å². The number of nitrogens with zero attached hydrogens (tertiary/aromatic N) is 1. The molecule has 0 bridgehead atoms. The molecule has 2 aliphatic rings. The Kier molecular flexibility index (Phi) is 5.18. The van der Waals surface area contributed by atoms with E-state index in [0.717, 1.165) is 12.6 Å². The minimum absolute atomic E-state index is 0.526. The minimum atomic E-state index is 0.526. The molecule has 1 aliphatic carbocycles. The minimum Gasteiger partial charge on any atom is -0.313 e. The Balaban J connectivity index is 2.05. The summed E-state index contributed by atoms with van der Waals surface area (Å²) in [7, 11) is 0. The molecule has 0 amide bonds. The van der Waals surface area contributed by atoms with Gasteiger partial charge in [0, 0.05) is 12.1 Å². The Hall–Kier alpha value is -0.0800. The van der Waals surface area contributed by atoms with E-state index < -0.39 is 0 Å². The van der Waals surface area contributed by atoms with Crippen LogP contribution in [0.3, 0.4) is 0 Å². The molecule has 2 unspecified atom stereocenters. The van der Waals surface area contributed by atoms with E-state index in [1.54, 1.807) is 0 Å². The zero-order chi connectivity index (χ0) is 14.8. The summed E-state index contributed by atoms with van der Waals surface area (Å²) in [6.07, 6.45) is 8.23. The fourth-order valence-electron chi connectivity index (χ4n) is 4.21. The Bertz CT molecular complexity index is 309. The van der Waals surface area contributed by atoms with Crippen molar-refractivity contribution in [3.8, 4) is 0 Å². The fraction of sp³-hybridized carbons (Fsp3) is 1.00. The Morgan fingerprint density at radius 1 is 1.00 bits per heavy atom. The van der Waals surface area contributed by atoms with Crippen molar-refractivity contribution in [1.29, 1.82) is 0 Å². The lowest BCUT2D eigenvalue weighted by Gasteiger charge is -2.46. The van der Waals surface area contributed by atoms with Gasteiger partial charge in [-0.25, -0.2) is 0 Å². The van der Waals surface area contributed by atoms with Crippen molar-refractivity contribution in [3.05, 3.63) is 0 Å². The largest absolute Gasteiger partial charge is 0.313 e. The van der Waals surface area contributed by atoms with Crippen LogP contribution in [0.25, 0.3) is 0 Å². The van der Waals surface area contributed by atoms with Crippen LogP contribution in [0.15, 0.2) is 0 Å². The van der Waals surface area contributed by atoms with Crippen molar-refractivity contribution in [2.75, 3.05) is 19.6 Å². The SMILES string of the molecule is CCNC1CCC(C)(C)CC1N1CCCC(C)(C)CC1. The summed E-state index contributed by atoms with van der Waals surface area (Å²) in [5.41, 5.74) is 1.07. The van der Waals surface area contributed by atoms with Crippen LogP contribution in [0.1, 0.15) is 73.1 Å². The standard InChI is InChI=1S/C18H36N2/c1-6-19-15-8-10-18(4,5)14-16(15)20-12-7-9-17(2,3)11-13-20/h15-16,19H,6-14H2,1-5H3. The van der Waals surface area contributed by atoms with Crippen LogP contribution in [0.4, 0.5) is 0 Å². The predicted octanol–water partition coefficient (Wildman–Crippen LogP) is 4.06. The van der Waals surface area contributed by atoms with Crippen LogP contribution < -0.4 is 5.32 Å². The van der Waals surface area contributed by atoms with E-state index in [2.05, 4.69) is 44.8 Å². The average molecular weight is 280 g/mol. The van der Waals surface area contributed by atoms with Gasteiger partial charge in [0.25, 0.3) is 0 Å². The molecule has 2 nitrogen and oxygen atoms in total. The highest BCUT2D eigenvalue weighted by Crippen LogP contribution is 2.39. The monoisotopic (exact) mass is 280 g/mol. The molecule has 20 heavy (non-hydrogen) atoms. The number of nitrogens with one attached hydrogen (secondary N) is 1. The molecule has 118 valence electrons. The third-order valence-electron chi connectivity index (χ3n) is 5.67. The molecule has 1 N–H and O–H groups in total. The van der Waals surface area contributed by atoms with E-state index >= 15 is 0 Å². The summed E-state index contributed by atoms with van der Waals surface area (Å²) < 4.78 is 0. The van der Waals surface area contributed by atoms with Crippen molar-refractivity contribution in [3.63, 3.8) is 0 Å². The molecule has 1 heterocycles. The first-order valence-corrected chi connectivity index (χ1v) is 8.80. The van der Waals surface area contributed by atoms with Crippen LogP contribution in [0.5, 0.6) is 0 Å². The quantitative estimate of drug-likeness (QED) is 0.839. The summed E-state index contributed by atoms with van der Waals surface area (Å²) >= 11 is 0. The lowest BCUT2D eigenvalue weighted by molar-refractivity contribution is 0.0657. The normalized spacial score (nSPS) is 34.6. The molecular weight excluding hydrogens is 244 g/mol. The van der Waals surface area contributed by atoms with Gasteiger partial charge in [-0.05, 0) is 69.0 Å². The maximum Gasteiger partial charge on any atom is 0.0254 e. The second-order valence-corrected chi connectivity index (χ2v) is 8.69. The molecule has 2 rings (SSSR count). The van der Waals surface area contributed by atoms with Gasteiger partial charge >= 0.3 is 0 Å². The van der Waals surface area contributed by atoms with Gasteiger partial charge < -0.3 is 5.32 Å². The molecule has 0 spiro atoms. The predicted molar refractivity (Wildman–Crippen MR) is 88.1 cm³/mol. The van der Waals surface area contributed by atoms with Gasteiger partial charge in [-0.1, -0.05) is 34.6 Å². The molecule has 2 heteroatoms. The first kappa shape index (κ1) is 16.3. The highest BCUT2D eigenvalue weighted by atomic mass is 15.2. The van der Waals surface area contributed by atoms with E-state index in [9.17, 15) is 0 Å². The average Bonchev–Trinajstić information content (AvgIpc) is 2.52. The van der Waals surface area contributed by atoms with E-state index in [-0.39, 0.29) is 0 Å². The van der Waals surface area contributed by atoms with E-state index in [1.165, 1.54) is 51.6 Å². The highest BCUT2D eigenvalue weighted by molar-refractivity contribution is 4.95. The summed E-state index contributed by atoms with van der Waals surface area (Å²) in [4.78, 5) is 2.82. The van der Waals surface area contributed by atoms with Crippen LogP contribution in [-0.4, -0.2) is 36.6 Å². The van der Waals surface area contributed by atoms with Crippen molar-refractivity contribution in [1.82, 2.24) is 10.2 Å². The molecule has 0 aromatic rings. The van der Waals surface area contributed by atoms with Crippen molar-refractivity contribution in [2.45, 2.75) is 85.2 Å². The summed E-state index contributed by atoms with van der Waals surface area (Å²) in [5, 5.41) is 3.77. The number of likely N-dealkylation sites (tertiary alicyclic amines) is 1. The first-order chi connectivity index (χ1) is 9.33. The van der Waals surface area contributed by atoms with Gasteiger partial charge in [0.2, 0.25) is 0 Å². The van der Waals surface area contributed by atoms with Gasteiger partial charge in [-0.3, -0.25) is 4.90 Å². The molecule has 2 atom stereocenters. The third-order valence-corrected chi connectivity index (χ3v) is 5.67. The van der Waals surface area contributed by atoms with Gasteiger partial charge in [0.05, 0.1) is 0 Å². The number of hydrogen-bond acceptors (Lipinski definition) is 2. The second-order valence-electron chi connectivity index (χ2n) is 8.69. The molecule has 1 aliphatic heterocycles. The number of hydrogen-bond donors (Lipinski definition) is 1. The van der Waals surface area contributed by atoms with Crippen molar-refractivity contribution in [2.24, 2.45) is 10.8 Å². The zero-order valence-corrected chi connectivity index (χ0v) is 14.5. The van der Waals surface area contributed by atoms with Crippen LogP contribution in [0.2, 0.25) is 0 Å². The molecule has 0 aromatic heterocycles. The molecule has 0 aromatic carbocycles. The zero-order valence-electron chi connectivity index (χ0n) is 14.5. The Morgan fingerprint density at radius 2 is 1.75 bits per heavy atom. The number of rotatable bonds is 3. The van der Waals surface area contributed by atoms with E-state index in [0.29, 0.717) is 16.9 Å².